The van der Waals surface area contributed by atoms with E-state index < -0.39 is 0 Å². The molecule has 27 heavy (non-hydrogen) atoms. The fourth-order valence-corrected chi connectivity index (χ4v) is 4.73. The van der Waals surface area contributed by atoms with Crippen LogP contribution < -0.4 is 4.90 Å². The van der Waals surface area contributed by atoms with Crippen molar-refractivity contribution in [1.82, 2.24) is 14.9 Å². The Balaban J connectivity index is 1.38. The number of hydrogen-bond donors (Lipinski definition) is 0. The van der Waals surface area contributed by atoms with Crippen molar-refractivity contribution >= 4 is 11.9 Å². The molecule has 0 unspecified atom stereocenters. The number of hydrogen-bond acceptors (Lipinski definition) is 5. The van der Waals surface area contributed by atoms with E-state index in [2.05, 4.69) is 17.9 Å². The third-order valence-corrected chi connectivity index (χ3v) is 6.67. The van der Waals surface area contributed by atoms with Crippen molar-refractivity contribution in [3.05, 3.63) is 17.5 Å². The highest BCUT2D eigenvalue weighted by Gasteiger charge is 2.44. The molecule has 148 valence electrons. The molecule has 2 saturated heterocycles. The summed E-state index contributed by atoms with van der Waals surface area (Å²) in [6.07, 6.45) is 7.58. The third kappa shape index (κ3) is 3.96. The molecule has 0 N–H and O–H groups in total. The first-order chi connectivity index (χ1) is 13.1. The molecule has 0 aromatic carbocycles. The van der Waals surface area contributed by atoms with Gasteiger partial charge >= 0.3 is 0 Å². The number of rotatable bonds is 6. The maximum Gasteiger partial charge on any atom is 0.225 e. The van der Waals surface area contributed by atoms with Gasteiger partial charge in [-0.15, -0.1) is 0 Å². The van der Waals surface area contributed by atoms with E-state index in [1.54, 1.807) is 7.11 Å². The second kappa shape index (κ2) is 7.74. The van der Waals surface area contributed by atoms with Gasteiger partial charge in [0.2, 0.25) is 11.9 Å². The number of likely N-dealkylation sites (tertiary alicyclic amines) is 1. The summed E-state index contributed by atoms with van der Waals surface area (Å²) in [4.78, 5) is 26.4. The summed E-state index contributed by atoms with van der Waals surface area (Å²) < 4.78 is 5.13. The minimum atomic E-state index is 0.154. The molecule has 1 saturated carbocycles. The number of nitrogens with zero attached hydrogens (tertiary/aromatic N) is 4. The number of ether oxygens (including phenoxy) is 1. The van der Waals surface area contributed by atoms with Crippen LogP contribution in [0.3, 0.4) is 0 Å². The maximum absolute atomic E-state index is 12.4. The highest BCUT2D eigenvalue weighted by molar-refractivity contribution is 5.79. The number of anilines is 1. The molecular weight excluding hydrogens is 340 g/mol. The number of piperidine rings is 1. The lowest BCUT2D eigenvalue weighted by Crippen LogP contribution is -2.42. The minimum Gasteiger partial charge on any atom is -0.385 e. The van der Waals surface area contributed by atoms with Gasteiger partial charge in [-0.2, -0.15) is 0 Å². The number of amides is 1. The second-order valence-electron chi connectivity index (χ2n) is 8.69. The molecule has 0 atom stereocenters. The number of aryl methyl sites for hydroxylation is 1. The van der Waals surface area contributed by atoms with Crippen LogP contribution in [0.15, 0.2) is 6.07 Å². The predicted octanol–water partition coefficient (Wildman–Crippen LogP) is 2.91. The highest BCUT2D eigenvalue weighted by Crippen LogP contribution is 2.42. The van der Waals surface area contributed by atoms with Crippen molar-refractivity contribution in [2.45, 2.75) is 57.8 Å². The molecular formula is C21H32N4O2. The van der Waals surface area contributed by atoms with Crippen LogP contribution in [0.1, 0.15) is 62.3 Å². The first-order valence-electron chi connectivity index (χ1n) is 10.5. The Morgan fingerprint density at radius 2 is 2.04 bits per heavy atom. The first-order valence-corrected chi connectivity index (χ1v) is 10.5. The monoisotopic (exact) mass is 372 g/mol. The first kappa shape index (κ1) is 18.7. The Labute approximate surface area is 162 Å². The molecule has 0 bridgehead atoms. The molecule has 4 rings (SSSR count). The Kier molecular flexibility index (Phi) is 5.35. The zero-order valence-corrected chi connectivity index (χ0v) is 16.7. The lowest BCUT2D eigenvalue weighted by molar-refractivity contribution is -0.128. The Hall–Kier alpha value is -1.69. The van der Waals surface area contributed by atoms with Gasteiger partial charge in [-0.05, 0) is 45.1 Å². The molecule has 6 nitrogen and oxygen atoms in total. The second-order valence-corrected chi connectivity index (χ2v) is 8.69. The van der Waals surface area contributed by atoms with Gasteiger partial charge in [0.25, 0.3) is 0 Å². The average molecular weight is 373 g/mol. The summed E-state index contributed by atoms with van der Waals surface area (Å²) in [6, 6.07) is 2.16. The van der Waals surface area contributed by atoms with Crippen molar-refractivity contribution in [3.63, 3.8) is 0 Å². The van der Waals surface area contributed by atoms with Gasteiger partial charge in [0.05, 0.1) is 0 Å². The van der Waals surface area contributed by atoms with E-state index in [1.807, 2.05) is 4.90 Å². The summed E-state index contributed by atoms with van der Waals surface area (Å²) in [5.41, 5.74) is 2.45. The Morgan fingerprint density at radius 1 is 1.26 bits per heavy atom. The summed E-state index contributed by atoms with van der Waals surface area (Å²) in [5, 5.41) is 0. The lowest BCUT2D eigenvalue weighted by atomic mass is 9.77. The Bertz CT molecular complexity index is 681. The maximum atomic E-state index is 12.4. The minimum absolute atomic E-state index is 0.154. The molecule has 2 aliphatic heterocycles. The van der Waals surface area contributed by atoms with Gasteiger partial charge in [0.15, 0.2) is 0 Å². The Morgan fingerprint density at radius 3 is 2.70 bits per heavy atom. The van der Waals surface area contributed by atoms with Gasteiger partial charge in [0, 0.05) is 69.0 Å². The van der Waals surface area contributed by atoms with Crippen molar-refractivity contribution in [2.24, 2.45) is 5.41 Å². The van der Waals surface area contributed by atoms with Gasteiger partial charge in [-0.25, -0.2) is 9.97 Å². The van der Waals surface area contributed by atoms with Crippen LogP contribution in [0.5, 0.6) is 0 Å². The van der Waals surface area contributed by atoms with Crippen LogP contribution in [0.25, 0.3) is 0 Å². The highest BCUT2D eigenvalue weighted by atomic mass is 16.5. The van der Waals surface area contributed by atoms with E-state index in [-0.39, 0.29) is 5.41 Å². The van der Waals surface area contributed by atoms with Crippen molar-refractivity contribution in [1.29, 1.82) is 0 Å². The van der Waals surface area contributed by atoms with Crippen molar-refractivity contribution < 1.29 is 9.53 Å². The number of methoxy groups -OCH3 is 1. The standard InChI is InChI=1S/C21H32N4O2/c1-16-13-18(17-5-3-6-17)23-20(22-16)24-10-7-21(8-11-24)14-19(26)25(15-21)9-4-12-27-2/h13,17H,3-12,14-15H2,1-2H3. The largest absolute Gasteiger partial charge is 0.385 e. The van der Waals surface area contributed by atoms with E-state index in [4.69, 9.17) is 14.7 Å². The SMILES string of the molecule is COCCCN1CC2(CCN(c3nc(C)cc(C4CCC4)n3)CC2)CC1=O. The van der Waals surface area contributed by atoms with Crippen LogP contribution in [0.2, 0.25) is 0 Å². The van der Waals surface area contributed by atoms with Crippen molar-refractivity contribution in [3.8, 4) is 0 Å². The molecule has 0 radical (unpaired) electrons. The average Bonchev–Trinajstić information content (AvgIpc) is 2.89. The van der Waals surface area contributed by atoms with E-state index in [1.165, 1.54) is 25.0 Å². The summed E-state index contributed by atoms with van der Waals surface area (Å²) in [7, 11) is 1.72. The lowest BCUT2D eigenvalue weighted by Gasteiger charge is -2.39. The van der Waals surface area contributed by atoms with E-state index in [0.29, 0.717) is 18.2 Å². The van der Waals surface area contributed by atoms with Gasteiger partial charge in [-0.3, -0.25) is 4.79 Å². The molecule has 3 aliphatic rings. The van der Waals surface area contributed by atoms with Gasteiger partial charge < -0.3 is 14.5 Å². The fraction of sp³-hybridized carbons (Fsp3) is 0.762. The molecule has 1 aromatic heterocycles. The van der Waals surface area contributed by atoms with Gasteiger partial charge in [0.1, 0.15) is 0 Å². The van der Waals surface area contributed by atoms with E-state index >= 15 is 0 Å². The molecule has 6 heteroatoms. The van der Waals surface area contributed by atoms with Crippen LogP contribution in [-0.2, 0) is 9.53 Å². The fourth-order valence-electron chi connectivity index (χ4n) is 4.73. The molecule has 3 heterocycles. The molecule has 3 fully saturated rings. The molecule has 1 aliphatic carbocycles. The predicted molar refractivity (Wildman–Crippen MR) is 105 cm³/mol. The molecule has 1 spiro atoms. The zero-order valence-electron chi connectivity index (χ0n) is 16.7. The van der Waals surface area contributed by atoms with Crippen molar-refractivity contribution in [2.75, 3.05) is 44.8 Å². The number of carbonyl (C=O) groups is 1. The number of carbonyl (C=O) groups excluding carboxylic acids is 1. The van der Waals surface area contributed by atoms with Crippen LogP contribution in [0.4, 0.5) is 5.95 Å². The van der Waals surface area contributed by atoms with Crippen LogP contribution in [-0.4, -0.2) is 60.7 Å². The molecule has 1 amide bonds. The van der Waals surface area contributed by atoms with Crippen LogP contribution in [0, 0.1) is 12.3 Å². The van der Waals surface area contributed by atoms with E-state index in [9.17, 15) is 4.79 Å². The smallest absolute Gasteiger partial charge is 0.225 e. The quantitative estimate of drug-likeness (QED) is 0.719. The normalized spacial score (nSPS) is 22.5. The third-order valence-electron chi connectivity index (χ3n) is 6.67. The topological polar surface area (TPSA) is 58.6 Å². The summed E-state index contributed by atoms with van der Waals surface area (Å²) >= 11 is 0. The summed E-state index contributed by atoms with van der Waals surface area (Å²) in [6.45, 7) is 6.43. The summed E-state index contributed by atoms with van der Waals surface area (Å²) in [5.74, 6) is 1.85. The zero-order chi connectivity index (χ0) is 18.9. The van der Waals surface area contributed by atoms with E-state index in [0.717, 1.165) is 63.7 Å². The van der Waals surface area contributed by atoms with Crippen LogP contribution >= 0.6 is 0 Å². The van der Waals surface area contributed by atoms with Gasteiger partial charge in [-0.1, -0.05) is 6.42 Å². The molecule has 1 aromatic rings. The number of aromatic nitrogens is 2.